The minimum atomic E-state index is -0.670. The number of benzene rings is 1. The monoisotopic (exact) mass is 218 g/mol. The summed E-state index contributed by atoms with van der Waals surface area (Å²) in [5.74, 6) is -0.670. The molecule has 0 spiro atoms. The van der Waals surface area contributed by atoms with Crippen molar-refractivity contribution in [3.05, 3.63) is 35.9 Å². The van der Waals surface area contributed by atoms with Gasteiger partial charge in [0.25, 0.3) is 0 Å². The maximum absolute atomic E-state index is 11.5. The van der Waals surface area contributed by atoms with E-state index < -0.39 is 11.4 Å². The highest BCUT2D eigenvalue weighted by Gasteiger charge is 2.54. The van der Waals surface area contributed by atoms with Gasteiger partial charge in [0.1, 0.15) is 0 Å². The molecule has 2 nitrogen and oxygen atoms in total. The summed E-state index contributed by atoms with van der Waals surface area (Å²) in [6, 6.07) is 10.0. The molecule has 0 saturated heterocycles. The van der Waals surface area contributed by atoms with Crippen LogP contribution in [0.2, 0.25) is 0 Å². The van der Waals surface area contributed by atoms with Gasteiger partial charge in [-0.15, -0.1) is 0 Å². The Labute approximate surface area is 96.3 Å². The van der Waals surface area contributed by atoms with Gasteiger partial charge in [0, 0.05) is 5.41 Å². The normalized spacial score (nSPS) is 33.9. The van der Waals surface area contributed by atoms with Crippen molar-refractivity contribution in [2.24, 2.45) is 5.41 Å². The van der Waals surface area contributed by atoms with Gasteiger partial charge >= 0.3 is 5.97 Å². The Bertz CT molecular complexity index is 398. The summed E-state index contributed by atoms with van der Waals surface area (Å²) in [7, 11) is 0. The van der Waals surface area contributed by atoms with Crippen LogP contribution in [-0.4, -0.2) is 11.1 Å². The molecule has 1 aliphatic rings. The van der Waals surface area contributed by atoms with Gasteiger partial charge in [0.05, 0.1) is 5.41 Å². The summed E-state index contributed by atoms with van der Waals surface area (Å²) in [5, 5.41) is 9.47. The summed E-state index contributed by atoms with van der Waals surface area (Å²) >= 11 is 0. The van der Waals surface area contributed by atoms with Gasteiger partial charge in [0.15, 0.2) is 0 Å². The molecule has 0 aliphatic heterocycles. The van der Waals surface area contributed by atoms with Crippen molar-refractivity contribution in [2.75, 3.05) is 0 Å². The van der Waals surface area contributed by atoms with E-state index in [2.05, 4.69) is 6.92 Å². The molecule has 86 valence electrons. The van der Waals surface area contributed by atoms with E-state index in [1.807, 2.05) is 37.3 Å². The van der Waals surface area contributed by atoms with Crippen LogP contribution in [0.3, 0.4) is 0 Å². The predicted molar refractivity (Wildman–Crippen MR) is 63.4 cm³/mol. The fourth-order valence-electron chi connectivity index (χ4n) is 2.96. The van der Waals surface area contributed by atoms with E-state index in [1.165, 1.54) is 0 Å². The Kier molecular flexibility index (Phi) is 2.53. The van der Waals surface area contributed by atoms with E-state index in [4.69, 9.17) is 0 Å². The fraction of sp³-hybridized carbons (Fsp3) is 0.500. The Morgan fingerprint density at radius 3 is 2.38 bits per heavy atom. The molecule has 2 heteroatoms. The Morgan fingerprint density at radius 1 is 1.19 bits per heavy atom. The molecule has 0 amide bonds. The zero-order valence-corrected chi connectivity index (χ0v) is 9.86. The molecule has 1 fully saturated rings. The minimum Gasteiger partial charge on any atom is -0.481 e. The van der Waals surface area contributed by atoms with Gasteiger partial charge in [-0.05, 0) is 25.3 Å². The zero-order chi connectivity index (χ0) is 11.8. The molecule has 0 aromatic heterocycles. The highest BCUT2D eigenvalue weighted by atomic mass is 16.4. The molecule has 1 N–H and O–H groups in total. The molecule has 0 bridgehead atoms. The van der Waals surface area contributed by atoms with Gasteiger partial charge in [-0.2, -0.15) is 0 Å². The van der Waals surface area contributed by atoms with E-state index in [0.717, 1.165) is 24.8 Å². The molecule has 1 saturated carbocycles. The smallest absolute Gasteiger partial charge is 0.310 e. The maximum atomic E-state index is 11.5. The molecule has 0 heterocycles. The first-order chi connectivity index (χ1) is 7.51. The largest absolute Gasteiger partial charge is 0.481 e. The summed E-state index contributed by atoms with van der Waals surface area (Å²) in [5.41, 5.74) is 0.284. The Morgan fingerprint density at radius 2 is 1.81 bits per heavy atom. The van der Waals surface area contributed by atoms with Gasteiger partial charge < -0.3 is 5.11 Å². The highest BCUT2D eigenvalue weighted by Crippen LogP contribution is 2.54. The summed E-state index contributed by atoms with van der Waals surface area (Å²) < 4.78 is 0. The van der Waals surface area contributed by atoms with Crippen molar-refractivity contribution >= 4 is 5.97 Å². The fourth-order valence-corrected chi connectivity index (χ4v) is 2.96. The van der Waals surface area contributed by atoms with Crippen molar-refractivity contribution in [3.8, 4) is 0 Å². The van der Waals surface area contributed by atoms with Crippen molar-refractivity contribution in [2.45, 2.75) is 38.5 Å². The first-order valence-corrected chi connectivity index (χ1v) is 5.80. The molecule has 2 atom stereocenters. The number of hydrogen-bond donors (Lipinski definition) is 1. The van der Waals surface area contributed by atoms with Crippen molar-refractivity contribution < 1.29 is 9.90 Å². The van der Waals surface area contributed by atoms with Crippen molar-refractivity contribution in [1.29, 1.82) is 0 Å². The van der Waals surface area contributed by atoms with Crippen LogP contribution in [0.1, 0.15) is 38.7 Å². The maximum Gasteiger partial charge on any atom is 0.310 e. The Hall–Kier alpha value is -1.31. The van der Waals surface area contributed by atoms with Gasteiger partial charge in [0.2, 0.25) is 0 Å². The molecule has 0 radical (unpaired) electrons. The van der Waals surface area contributed by atoms with Crippen LogP contribution in [0.5, 0.6) is 0 Å². The van der Waals surface area contributed by atoms with E-state index >= 15 is 0 Å². The average Bonchev–Trinajstić information content (AvgIpc) is 2.59. The first kappa shape index (κ1) is 11.2. The average molecular weight is 218 g/mol. The van der Waals surface area contributed by atoms with E-state index in [-0.39, 0.29) is 5.41 Å². The van der Waals surface area contributed by atoms with Crippen LogP contribution in [-0.2, 0) is 10.2 Å². The second-order valence-electron chi connectivity index (χ2n) is 5.19. The van der Waals surface area contributed by atoms with Crippen molar-refractivity contribution in [3.63, 3.8) is 0 Å². The predicted octanol–water partition coefficient (Wildman–Crippen LogP) is 3.22. The summed E-state index contributed by atoms with van der Waals surface area (Å²) in [6.07, 6.45) is 2.72. The number of aliphatic carboxylic acids is 1. The topological polar surface area (TPSA) is 37.3 Å². The molecule has 16 heavy (non-hydrogen) atoms. The van der Waals surface area contributed by atoms with E-state index in [9.17, 15) is 9.90 Å². The number of carboxylic acid groups (broad SMARTS) is 1. The minimum absolute atomic E-state index is 0.236. The van der Waals surface area contributed by atoms with Crippen molar-refractivity contribution in [1.82, 2.24) is 0 Å². The number of hydrogen-bond acceptors (Lipinski definition) is 1. The van der Waals surface area contributed by atoms with Crippen LogP contribution >= 0.6 is 0 Å². The molecule has 1 aliphatic carbocycles. The lowest BCUT2D eigenvalue weighted by atomic mass is 9.64. The number of carbonyl (C=O) groups is 1. The zero-order valence-electron chi connectivity index (χ0n) is 9.86. The summed E-state index contributed by atoms with van der Waals surface area (Å²) in [4.78, 5) is 11.5. The van der Waals surface area contributed by atoms with E-state index in [0.29, 0.717) is 0 Å². The lowest BCUT2D eigenvalue weighted by Gasteiger charge is -2.38. The van der Waals surface area contributed by atoms with E-state index in [1.54, 1.807) is 0 Å². The lowest BCUT2D eigenvalue weighted by Crippen LogP contribution is -2.42. The highest BCUT2D eigenvalue weighted by molar-refractivity contribution is 5.77. The number of rotatable bonds is 2. The van der Waals surface area contributed by atoms with Crippen LogP contribution in [0, 0.1) is 5.41 Å². The third-order valence-corrected chi connectivity index (χ3v) is 4.45. The Balaban J connectivity index is 2.49. The first-order valence-electron chi connectivity index (χ1n) is 5.80. The second-order valence-corrected chi connectivity index (χ2v) is 5.19. The summed E-state index contributed by atoms with van der Waals surface area (Å²) in [6.45, 7) is 3.97. The molecule has 1 aromatic rings. The standard InChI is InChI=1S/C14H18O2/c1-13(11-7-4-3-5-8-11)9-6-10-14(13,2)12(15)16/h3-5,7-8H,6,9-10H2,1-2H3,(H,15,16)/t13-,14-/m1/s1. The quantitative estimate of drug-likeness (QED) is 0.827. The molecule has 2 rings (SSSR count). The second kappa shape index (κ2) is 3.62. The molecular weight excluding hydrogens is 200 g/mol. The SMILES string of the molecule is C[C@]1(C(=O)O)CCC[C@]1(C)c1ccccc1. The van der Waals surface area contributed by atoms with Gasteiger partial charge in [-0.25, -0.2) is 0 Å². The van der Waals surface area contributed by atoms with Gasteiger partial charge in [-0.3, -0.25) is 4.79 Å². The van der Waals surface area contributed by atoms with Gasteiger partial charge in [-0.1, -0.05) is 43.7 Å². The van der Waals surface area contributed by atoms with Crippen LogP contribution < -0.4 is 0 Å². The number of carboxylic acids is 1. The molecule has 0 unspecified atom stereocenters. The van der Waals surface area contributed by atoms with Crippen LogP contribution in [0.4, 0.5) is 0 Å². The third-order valence-electron chi connectivity index (χ3n) is 4.45. The van der Waals surface area contributed by atoms with Crippen LogP contribution in [0.15, 0.2) is 30.3 Å². The third kappa shape index (κ3) is 1.36. The lowest BCUT2D eigenvalue weighted by molar-refractivity contribution is -0.150. The van der Waals surface area contributed by atoms with Crippen LogP contribution in [0.25, 0.3) is 0 Å². The molecular formula is C14H18O2. The molecule has 1 aromatic carbocycles.